The SMILES string of the molecule is C/C(Cl)=C/C(=O)[O-].C/C(Cl)=C/C(=O)[O-].C/C(Cl)=C/C(=O)[O-].[In+3]. The Bertz CT molecular complexity index is 379. The second-order valence-electron chi connectivity index (χ2n) is 3.15. The minimum atomic E-state index is -1.26. The zero-order valence-electron chi connectivity index (χ0n) is 11.9. The molecule has 0 heterocycles. The van der Waals surface area contributed by atoms with Crippen molar-refractivity contribution in [1.82, 2.24) is 0 Å². The van der Waals surface area contributed by atoms with Crippen LogP contribution in [0.1, 0.15) is 20.8 Å². The van der Waals surface area contributed by atoms with Crippen molar-refractivity contribution < 1.29 is 29.7 Å². The number of rotatable bonds is 3. The monoisotopic (exact) mass is 472 g/mol. The van der Waals surface area contributed by atoms with Gasteiger partial charge in [0, 0.05) is 15.1 Å². The smallest absolute Gasteiger partial charge is 0.545 e. The first-order valence-electron chi connectivity index (χ1n) is 5.02. The number of carbonyl (C=O) groups excluding carboxylic acids is 3. The van der Waals surface area contributed by atoms with Crippen LogP contribution in [-0.2, 0) is 14.4 Å². The van der Waals surface area contributed by atoms with E-state index in [1.807, 2.05) is 0 Å². The van der Waals surface area contributed by atoms with E-state index in [1.54, 1.807) is 0 Å². The molecule has 120 valence electrons. The molecule has 0 N–H and O–H groups in total. The molecule has 0 bridgehead atoms. The van der Waals surface area contributed by atoms with Gasteiger partial charge in [0.05, 0.1) is 17.9 Å². The molecule has 0 saturated heterocycles. The number of hydrogen-bond donors (Lipinski definition) is 0. The topological polar surface area (TPSA) is 120 Å². The Morgan fingerprint density at radius 1 is 0.636 bits per heavy atom. The molecule has 0 aliphatic heterocycles. The quantitative estimate of drug-likeness (QED) is 0.498. The summed E-state index contributed by atoms with van der Waals surface area (Å²) in [5.74, 6) is -3.77. The van der Waals surface area contributed by atoms with Crippen LogP contribution in [0.25, 0.3) is 0 Å². The molecule has 0 rings (SSSR count). The van der Waals surface area contributed by atoms with Gasteiger partial charge < -0.3 is 29.7 Å². The number of carbonyl (C=O) groups is 3. The van der Waals surface area contributed by atoms with E-state index in [0.29, 0.717) is 0 Å². The molecule has 0 atom stereocenters. The van der Waals surface area contributed by atoms with E-state index >= 15 is 0 Å². The minimum absolute atomic E-state index is 0. The second kappa shape index (κ2) is 18.4. The zero-order valence-corrected chi connectivity index (χ0v) is 17.5. The number of carboxylic acid groups (broad SMARTS) is 3. The van der Waals surface area contributed by atoms with E-state index < -0.39 is 17.9 Å². The van der Waals surface area contributed by atoms with Gasteiger partial charge in [-0.25, -0.2) is 0 Å². The van der Waals surface area contributed by atoms with Gasteiger partial charge in [0.1, 0.15) is 0 Å². The van der Waals surface area contributed by atoms with E-state index in [4.69, 9.17) is 34.8 Å². The summed E-state index contributed by atoms with van der Waals surface area (Å²) in [6.07, 6.45) is 2.46. The Labute approximate surface area is 161 Å². The van der Waals surface area contributed by atoms with Crippen molar-refractivity contribution in [3.8, 4) is 0 Å². The van der Waals surface area contributed by atoms with Crippen molar-refractivity contribution in [2.24, 2.45) is 0 Å². The van der Waals surface area contributed by atoms with Gasteiger partial charge in [-0.3, -0.25) is 0 Å². The zero-order chi connectivity index (χ0) is 17.6. The summed E-state index contributed by atoms with van der Waals surface area (Å²) in [7, 11) is 0. The van der Waals surface area contributed by atoms with Gasteiger partial charge in [-0.15, -0.1) is 0 Å². The molecule has 0 saturated carbocycles. The van der Waals surface area contributed by atoms with Gasteiger partial charge in [0.2, 0.25) is 0 Å². The summed E-state index contributed by atoms with van der Waals surface area (Å²) >= 11 is 15.3. The Hall–Kier alpha value is -0.630. The van der Waals surface area contributed by atoms with Gasteiger partial charge in [-0.1, -0.05) is 34.8 Å². The summed E-state index contributed by atoms with van der Waals surface area (Å²) < 4.78 is 0. The first-order chi connectivity index (χ1) is 9.38. The summed E-state index contributed by atoms with van der Waals surface area (Å²) in [6, 6.07) is 0. The predicted molar refractivity (Wildman–Crippen MR) is 79.6 cm³/mol. The van der Waals surface area contributed by atoms with E-state index in [-0.39, 0.29) is 40.9 Å². The van der Waals surface area contributed by atoms with Crippen molar-refractivity contribution >= 4 is 78.6 Å². The Balaban J connectivity index is -0.000000108. The first-order valence-corrected chi connectivity index (χ1v) is 6.16. The molecule has 22 heavy (non-hydrogen) atoms. The third kappa shape index (κ3) is 50.6. The third-order valence-electron chi connectivity index (χ3n) is 0.950. The van der Waals surface area contributed by atoms with Crippen molar-refractivity contribution in [3.63, 3.8) is 0 Å². The van der Waals surface area contributed by atoms with Crippen LogP contribution in [0.2, 0.25) is 0 Å². The molecule has 10 heteroatoms. The van der Waals surface area contributed by atoms with Crippen molar-refractivity contribution in [3.05, 3.63) is 33.3 Å². The second-order valence-corrected chi connectivity index (χ2v) is 4.94. The summed E-state index contributed by atoms with van der Waals surface area (Å²) in [6.45, 7) is 4.41. The van der Waals surface area contributed by atoms with Crippen molar-refractivity contribution in [2.45, 2.75) is 20.8 Å². The van der Waals surface area contributed by atoms with Crippen LogP contribution in [0.4, 0.5) is 0 Å². The first kappa shape index (κ1) is 29.4. The fraction of sp³-hybridized carbons (Fsp3) is 0.250. The van der Waals surface area contributed by atoms with Crippen LogP contribution in [-0.4, -0.2) is 43.8 Å². The molecule has 0 fully saturated rings. The molecule has 0 unspecified atom stereocenters. The molecular weight excluding hydrogens is 461 g/mol. The summed E-state index contributed by atoms with van der Waals surface area (Å²) in [5, 5.41) is 29.3. The Kier molecular flexibility index (Phi) is 24.6. The largest absolute Gasteiger partial charge is 3.00 e. The molecule has 0 amide bonds. The maximum absolute atomic E-state index is 9.54. The molecule has 6 nitrogen and oxygen atoms in total. The van der Waals surface area contributed by atoms with E-state index in [2.05, 4.69) is 0 Å². The average Bonchev–Trinajstić information content (AvgIpc) is 2.10. The predicted octanol–water partition coefficient (Wildman–Crippen LogP) is -0.744. The minimum Gasteiger partial charge on any atom is -0.545 e. The molecule has 0 aliphatic rings. The van der Waals surface area contributed by atoms with E-state index in [9.17, 15) is 29.7 Å². The molecule has 0 aromatic heterocycles. The standard InChI is InChI=1S/3C4H5ClO2.In/c3*1-3(5)2-4(6)7;/h3*2H,1H3,(H,6,7);/q;;;+3/p-3/b3*3-2-;. The molecule has 0 aromatic carbocycles. The maximum Gasteiger partial charge on any atom is 3.00 e. The average molecular weight is 473 g/mol. The number of hydrogen-bond acceptors (Lipinski definition) is 6. The maximum atomic E-state index is 9.54. The summed E-state index contributed by atoms with van der Waals surface area (Å²) in [5.41, 5.74) is 0. The molecular formula is C12H12Cl3InO6. The van der Waals surface area contributed by atoms with Crippen LogP contribution in [0, 0.1) is 0 Å². The molecule has 0 aliphatic carbocycles. The number of halogens is 3. The van der Waals surface area contributed by atoms with E-state index in [0.717, 1.165) is 18.2 Å². The van der Waals surface area contributed by atoms with Crippen LogP contribution in [0.5, 0.6) is 0 Å². The van der Waals surface area contributed by atoms with Crippen LogP contribution < -0.4 is 15.3 Å². The van der Waals surface area contributed by atoms with Gasteiger partial charge in [-0.05, 0) is 39.0 Å². The molecule has 0 radical (unpaired) electrons. The van der Waals surface area contributed by atoms with Gasteiger partial charge in [0.25, 0.3) is 0 Å². The number of allylic oxidation sites excluding steroid dienone is 3. The van der Waals surface area contributed by atoms with Crippen LogP contribution in [0.15, 0.2) is 33.3 Å². The fourth-order valence-electron chi connectivity index (χ4n) is 0.487. The van der Waals surface area contributed by atoms with Crippen LogP contribution >= 0.6 is 34.8 Å². The van der Waals surface area contributed by atoms with Crippen molar-refractivity contribution in [2.75, 3.05) is 0 Å². The van der Waals surface area contributed by atoms with Crippen molar-refractivity contribution in [1.29, 1.82) is 0 Å². The van der Waals surface area contributed by atoms with Gasteiger partial charge in [-0.2, -0.15) is 0 Å². The molecule has 0 aromatic rings. The Morgan fingerprint density at radius 2 is 0.773 bits per heavy atom. The Morgan fingerprint density at radius 3 is 0.773 bits per heavy atom. The molecule has 0 spiro atoms. The number of aliphatic carboxylic acids is 3. The third-order valence-corrected chi connectivity index (χ3v) is 1.28. The normalized spacial score (nSPS) is 10.9. The fourth-order valence-corrected chi connectivity index (χ4v) is 0.754. The number of carboxylic acids is 3. The summed E-state index contributed by atoms with van der Waals surface area (Å²) in [4.78, 5) is 28.6. The van der Waals surface area contributed by atoms with Crippen LogP contribution in [0.3, 0.4) is 0 Å². The van der Waals surface area contributed by atoms with Gasteiger partial charge in [0.15, 0.2) is 0 Å². The van der Waals surface area contributed by atoms with Gasteiger partial charge >= 0.3 is 25.8 Å². The van der Waals surface area contributed by atoms with E-state index in [1.165, 1.54) is 20.8 Å².